The van der Waals surface area contributed by atoms with Gasteiger partial charge >= 0.3 is 15.6 Å². The number of ether oxygens (including phenoxy) is 1. The molecule has 1 fully saturated rings. The van der Waals surface area contributed by atoms with Crippen molar-refractivity contribution in [3.63, 3.8) is 0 Å². The first-order valence-corrected chi connectivity index (χ1v) is 13.1. The zero-order valence-corrected chi connectivity index (χ0v) is 20.6. The Morgan fingerprint density at radius 1 is 1.21 bits per heavy atom. The molecule has 0 saturated carbocycles. The average molecular weight is 593 g/mol. The number of nitrogens with two attached hydrogens (primary N) is 1. The third-order valence-corrected chi connectivity index (χ3v) is 6.94. The van der Waals surface area contributed by atoms with Gasteiger partial charge in [-0.3, -0.25) is 18.9 Å². The van der Waals surface area contributed by atoms with E-state index >= 15 is 0 Å². The van der Waals surface area contributed by atoms with E-state index in [9.17, 15) is 34.0 Å². The Kier molecular flexibility index (Phi) is 10.8. The van der Waals surface area contributed by atoms with Crippen LogP contribution in [0, 0.1) is 0 Å². The third kappa shape index (κ3) is 7.91. The molecule has 0 radical (unpaired) electrons. The number of hydrogen-bond acceptors (Lipinski definition) is 16. The van der Waals surface area contributed by atoms with Crippen LogP contribution >= 0.6 is 15.6 Å². The van der Waals surface area contributed by atoms with Crippen LogP contribution in [0.25, 0.3) is 11.2 Å². The maximum absolute atomic E-state index is 11.7. The number of phosphoric ester groups is 1. The van der Waals surface area contributed by atoms with Gasteiger partial charge < -0.3 is 60.6 Å². The number of carbonyl (C=O) groups is 1. The molecule has 1 saturated heterocycles. The average Bonchev–Trinajstić information content (AvgIpc) is 3.36. The molecule has 0 aliphatic carbocycles. The van der Waals surface area contributed by atoms with Crippen molar-refractivity contribution in [2.24, 2.45) is 0 Å². The van der Waals surface area contributed by atoms with Crippen molar-refractivity contribution in [3.8, 4) is 0 Å². The van der Waals surface area contributed by atoms with Crippen LogP contribution in [0.15, 0.2) is 11.1 Å². The summed E-state index contributed by atoms with van der Waals surface area (Å²) in [6.45, 7) is -1.43. The summed E-state index contributed by atoms with van der Waals surface area (Å²) in [5.41, 5.74) is 5.12. The van der Waals surface area contributed by atoms with E-state index in [4.69, 9.17) is 40.5 Å². The van der Waals surface area contributed by atoms with E-state index in [1.807, 2.05) is 0 Å². The lowest BCUT2D eigenvalue weighted by Gasteiger charge is -2.23. The van der Waals surface area contributed by atoms with Gasteiger partial charge in [0.2, 0.25) is 5.95 Å². The Morgan fingerprint density at radius 3 is 2.34 bits per heavy atom. The van der Waals surface area contributed by atoms with Crippen LogP contribution in [0.5, 0.6) is 0 Å². The van der Waals surface area contributed by atoms with Gasteiger partial charge in [-0.15, -0.1) is 0 Å². The van der Waals surface area contributed by atoms with Crippen molar-refractivity contribution in [3.05, 3.63) is 16.7 Å². The molecule has 0 amide bonds. The standard InChI is InChI=1S/C10H13N5O5.C5H12O11P2/c11-10-13-7-4(8(19)14-10)12-2-15(7)9-6(18)5(17)3(1-16)20-9;6-1-3(8)5(9)4(2-7)15-18(13,14)16-17(10,11)12/h2-3,5-6,9,16-18H,1H2,(H3,11,13,14,19);2-6,8-9H,1H2,(H,13,14)(H2,10,11,12)/t3-,5-,6-,9-;3-,4+,5-/m11/s1. The van der Waals surface area contributed by atoms with Crippen LogP contribution in [-0.2, 0) is 27.5 Å². The number of nitrogen functional groups attached to an aromatic ring is 1. The number of hydrogen-bond donors (Lipinski definition) is 11. The van der Waals surface area contributed by atoms with Crippen LogP contribution < -0.4 is 11.3 Å². The second kappa shape index (κ2) is 12.8. The quantitative estimate of drug-likeness (QED) is 0.0905. The number of aliphatic hydroxyl groups is 6. The highest BCUT2D eigenvalue weighted by molar-refractivity contribution is 7.60. The van der Waals surface area contributed by atoms with E-state index in [2.05, 4.69) is 23.8 Å². The van der Waals surface area contributed by atoms with Crippen LogP contribution in [0.2, 0.25) is 0 Å². The summed E-state index contributed by atoms with van der Waals surface area (Å²) >= 11 is 0. The van der Waals surface area contributed by atoms with Crippen molar-refractivity contribution in [1.29, 1.82) is 0 Å². The maximum atomic E-state index is 11.7. The molecule has 0 bridgehead atoms. The van der Waals surface area contributed by atoms with Crippen molar-refractivity contribution < 1.29 is 72.8 Å². The largest absolute Gasteiger partial charge is 0.481 e. The second-order valence-corrected chi connectivity index (χ2v) is 10.3. The number of nitrogens with zero attached hydrogens (tertiary/aromatic N) is 3. The summed E-state index contributed by atoms with van der Waals surface area (Å²) < 4.78 is 35.3. The number of phosphoric acid groups is 2. The van der Waals surface area contributed by atoms with Crippen LogP contribution in [0.3, 0.4) is 0 Å². The van der Waals surface area contributed by atoms with Crippen LogP contribution in [-0.4, -0.2) is 121 Å². The summed E-state index contributed by atoms with van der Waals surface area (Å²) in [6.07, 6.45) is -9.51. The van der Waals surface area contributed by atoms with Crippen molar-refractivity contribution in [2.45, 2.75) is 42.9 Å². The van der Waals surface area contributed by atoms with Crippen molar-refractivity contribution in [2.75, 3.05) is 18.9 Å². The van der Waals surface area contributed by atoms with Gasteiger partial charge in [0, 0.05) is 0 Å². The monoisotopic (exact) mass is 593 g/mol. The number of imidazole rings is 1. The van der Waals surface area contributed by atoms with Gasteiger partial charge in [0.25, 0.3) is 5.56 Å². The molecular formula is C15H25N5O16P2. The molecule has 0 aromatic carbocycles. The first kappa shape index (κ1) is 32.0. The summed E-state index contributed by atoms with van der Waals surface area (Å²) in [6, 6.07) is 0. The molecule has 38 heavy (non-hydrogen) atoms. The topological polar surface area (TPSA) is 351 Å². The Labute approximate surface area is 210 Å². The molecule has 3 heterocycles. The van der Waals surface area contributed by atoms with E-state index in [1.54, 1.807) is 0 Å². The zero-order chi connectivity index (χ0) is 29.0. The Bertz CT molecular complexity index is 1250. The molecule has 1 aliphatic heterocycles. The van der Waals surface area contributed by atoms with Gasteiger partial charge in [0.1, 0.15) is 30.5 Å². The van der Waals surface area contributed by atoms with Gasteiger partial charge in [-0.1, -0.05) is 0 Å². The number of H-pyrrole nitrogens is 1. The van der Waals surface area contributed by atoms with E-state index in [0.717, 1.165) is 0 Å². The third-order valence-electron chi connectivity index (χ3n) is 4.76. The van der Waals surface area contributed by atoms with E-state index < -0.39 is 77.3 Å². The summed E-state index contributed by atoms with van der Waals surface area (Å²) in [5.74, 6) is -0.101. The fourth-order valence-corrected chi connectivity index (χ4v) is 4.75. The zero-order valence-electron chi connectivity index (χ0n) is 18.8. The lowest BCUT2D eigenvalue weighted by atomic mass is 10.1. The summed E-state index contributed by atoms with van der Waals surface area (Å²) in [5, 5.41) is 55.3. The summed E-state index contributed by atoms with van der Waals surface area (Å²) in [7, 11) is -10.7. The molecule has 3 rings (SSSR count). The van der Waals surface area contributed by atoms with E-state index in [1.165, 1.54) is 10.9 Å². The van der Waals surface area contributed by atoms with Gasteiger partial charge in [-0.25, -0.2) is 14.1 Å². The number of carbonyl (C=O) groups excluding carboxylic acids is 1. The highest BCUT2D eigenvalue weighted by atomic mass is 31.3. The number of nitrogens with one attached hydrogen (secondary N) is 1. The van der Waals surface area contributed by atoms with Gasteiger partial charge in [0.05, 0.1) is 19.5 Å². The normalized spacial score (nSPS) is 25.7. The minimum absolute atomic E-state index is 0.0388. The molecule has 0 spiro atoms. The molecule has 23 heteroatoms. The number of fused-ring (bicyclic) bond motifs is 1. The Hall–Kier alpha value is -2.20. The molecule has 12 N–H and O–H groups in total. The van der Waals surface area contributed by atoms with E-state index in [0.29, 0.717) is 0 Å². The minimum atomic E-state index is -5.36. The molecule has 2 aromatic heterocycles. The Balaban J connectivity index is 0.000000269. The molecule has 1 unspecified atom stereocenters. The fourth-order valence-electron chi connectivity index (χ4n) is 3.04. The van der Waals surface area contributed by atoms with Crippen LogP contribution in [0.4, 0.5) is 5.95 Å². The first-order chi connectivity index (χ1) is 17.5. The smallest absolute Gasteiger partial charge is 0.394 e. The minimum Gasteiger partial charge on any atom is -0.394 e. The molecule has 8 atom stereocenters. The number of rotatable bonds is 10. The highest BCUT2D eigenvalue weighted by Gasteiger charge is 2.44. The first-order valence-electron chi connectivity index (χ1n) is 10.1. The fraction of sp³-hybridized carbons (Fsp3) is 0.600. The lowest BCUT2D eigenvalue weighted by Crippen LogP contribution is -2.41. The molecule has 21 nitrogen and oxygen atoms in total. The number of anilines is 1. The molecular weight excluding hydrogens is 568 g/mol. The highest BCUT2D eigenvalue weighted by Crippen LogP contribution is 2.58. The lowest BCUT2D eigenvalue weighted by molar-refractivity contribution is -0.126. The second-order valence-electron chi connectivity index (χ2n) is 7.49. The predicted molar refractivity (Wildman–Crippen MR) is 119 cm³/mol. The summed E-state index contributed by atoms with van der Waals surface area (Å²) in [4.78, 5) is 57.6. The number of aromatic nitrogens is 4. The van der Waals surface area contributed by atoms with Crippen molar-refractivity contribution in [1.82, 2.24) is 19.5 Å². The molecule has 216 valence electrons. The van der Waals surface area contributed by atoms with Gasteiger partial charge in [-0.05, 0) is 0 Å². The van der Waals surface area contributed by atoms with Gasteiger partial charge in [-0.2, -0.15) is 9.29 Å². The van der Waals surface area contributed by atoms with Crippen LogP contribution in [0.1, 0.15) is 6.23 Å². The maximum Gasteiger partial charge on any atom is 0.481 e. The van der Waals surface area contributed by atoms with E-state index in [-0.39, 0.29) is 23.4 Å². The SMILES string of the molecule is Nc1nc2c(ncn2[C@@H]2O[C@H](CO)[C@@H](O)[C@H]2O)c(=O)[nH]1.O=C[C@H](OP(=O)(O)OP(=O)(O)O)[C@H](O)[C@H](O)CO. The number of aliphatic hydroxyl groups excluding tert-OH is 6. The van der Waals surface area contributed by atoms with Crippen molar-refractivity contribution >= 4 is 39.0 Å². The molecule has 2 aromatic rings. The predicted octanol–water partition coefficient (Wildman–Crippen LogP) is -5.19. The number of aromatic amines is 1. The van der Waals surface area contributed by atoms with Gasteiger partial charge in [0.15, 0.2) is 29.8 Å². The molecule has 1 aliphatic rings. The Morgan fingerprint density at radius 2 is 1.84 bits per heavy atom. The number of aldehydes is 1.